The summed E-state index contributed by atoms with van der Waals surface area (Å²) in [6, 6.07) is 14.9. The molecule has 0 spiro atoms. The highest BCUT2D eigenvalue weighted by molar-refractivity contribution is 6.35. The molecule has 1 fully saturated rings. The van der Waals surface area contributed by atoms with Crippen molar-refractivity contribution in [2.45, 2.75) is 6.54 Å². The highest BCUT2D eigenvalue weighted by atomic mass is 35.5. The molecular formula is C17H13Cl2N3O. The van der Waals surface area contributed by atoms with Crippen molar-refractivity contribution >= 4 is 41.1 Å². The molecule has 0 atom stereocenters. The lowest BCUT2D eigenvalue weighted by Gasteiger charge is -2.01. The van der Waals surface area contributed by atoms with E-state index < -0.39 is 0 Å². The number of halogens is 2. The van der Waals surface area contributed by atoms with Crippen LogP contribution in [0.25, 0.3) is 6.08 Å². The molecule has 23 heavy (non-hydrogen) atoms. The average molecular weight is 346 g/mol. The molecule has 1 heterocycles. The van der Waals surface area contributed by atoms with Gasteiger partial charge in [0, 0.05) is 10.0 Å². The number of guanidine groups is 1. The SMILES string of the molecule is O=C1NC(=NCc2ccccc2)N/C1=C\c1ccc(Cl)cc1Cl. The number of hydrogen-bond acceptors (Lipinski definition) is 2. The summed E-state index contributed by atoms with van der Waals surface area (Å²) in [6.07, 6.45) is 1.67. The van der Waals surface area contributed by atoms with Crippen LogP contribution in [0.2, 0.25) is 10.0 Å². The van der Waals surface area contributed by atoms with Crippen LogP contribution in [0.4, 0.5) is 0 Å². The molecule has 0 radical (unpaired) electrons. The van der Waals surface area contributed by atoms with Gasteiger partial charge in [0.05, 0.1) is 6.54 Å². The smallest absolute Gasteiger partial charge is 0.274 e. The average Bonchev–Trinajstić information content (AvgIpc) is 2.89. The molecule has 0 aromatic heterocycles. The van der Waals surface area contributed by atoms with E-state index in [1.54, 1.807) is 24.3 Å². The molecule has 0 saturated carbocycles. The van der Waals surface area contributed by atoms with Crippen molar-refractivity contribution < 1.29 is 4.79 Å². The molecule has 0 bridgehead atoms. The molecule has 6 heteroatoms. The maximum absolute atomic E-state index is 12.0. The highest BCUT2D eigenvalue weighted by Crippen LogP contribution is 2.23. The van der Waals surface area contributed by atoms with Gasteiger partial charge in [-0.25, -0.2) is 4.99 Å². The number of hydrogen-bond donors (Lipinski definition) is 2. The summed E-state index contributed by atoms with van der Waals surface area (Å²) in [4.78, 5) is 16.3. The van der Waals surface area contributed by atoms with Gasteiger partial charge in [-0.2, -0.15) is 0 Å². The summed E-state index contributed by atoms with van der Waals surface area (Å²) in [5.74, 6) is 0.179. The quantitative estimate of drug-likeness (QED) is 0.835. The van der Waals surface area contributed by atoms with E-state index >= 15 is 0 Å². The van der Waals surface area contributed by atoms with Crippen molar-refractivity contribution in [1.82, 2.24) is 10.6 Å². The number of benzene rings is 2. The van der Waals surface area contributed by atoms with E-state index in [0.717, 1.165) is 5.56 Å². The molecule has 116 valence electrons. The number of carbonyl (C=O) groups excluding carboxylic acids is 1. The number of nitrogens with one attached hydrogen (secondary N) is 2. The van der Waals surface area contributed by atoms with Gasteiger partial charge in [-0.1, -0.05) is 59.6 Å². The van der Waals surface area contributed by atoms with Gasteiger partial charge in [0.25, 0.3) is 5.91 Å². The van der Waals surface area contributed by atoms with Crippen LogP contribution in [0.5, 0.6) is 0 Å². The van der Waals surface area contributed by atoms with Gasteiger partial charge in [0.1, 0.15) is 5.70 Å². The number of aliphatic imine (C=N–C) groups is 1. The summed E-state index contributed by atoms with van der Waals surface area (Å²) in [6.45, 7) is 0.485. The first-order valence-corrected chi connectivity index (χ1v) is 7.71. The third-order valence-electron chi connectivity index (χ3n) is 3.25. The molecule has 0 unspecified atom stereocenters. The molecular weight excluding hydrogens is 333 g/mol. The largest absolute Gasteiger partial charge is 0.321 e. The number of rotatable bonds is 3. The Morgan fingerprint density at radius 2 is 1.83 bits per heavy atom. The van der Waals surface area contributed by atoms with Gasteiger partial charge in [0.2, 0.25) is 5.96 Å². The van der Waals surface area contributed by atoms with Crippen molar-refractivity contribution in [2.75, 3.05) is 0 Å². The number of carbonyl (C=O) groups is 1. The van der Waals surface area contributed by atoms with Crippen molar-refractivity contribution in [2.24, 2.45) is 4.99 Å². The van der Waals surface area contributed by atoms with Crippen molar-refractivity contribution in [3.8, 4) is 0 Å². The summed E-state index contributed by atoms with van der Waals surface area (Å²) in [5, 5.41) is 6.68. The second-order valence-electron chi connectivity index (χ2n) is 4.95. The maximum Gasteiger partial charge on any atom is 0.274 e. The molecule has 1 aliphatic heterocycles. The van der Waals surface area contributed by atoms with Crippen LogP contribution in [0.1, 0.15) is 11.1 Å². The van der Waals surface area contributed by atoms with E-state index in [4.69, 9.17) is 23.2 Å². The van der Waals surface area contributed by atoms with Crippen molar-refractivity contribution in [3.05, 3.63) is 75.4 Å². The number of nitrogens with zero attached hydrogens (tertiary/aromatic N) is 1. The summed E-state index contributed by atoms with van der Waals surface area (Å²) < 4.78 is 0. The van der Waals surface area contributed by atoms with Crippen molar-refractivity contribution in [1.29, 1.82) is 0 Å². The molecule has 1 aliphatic rings. The fourth-order valence-corrected chi connectivity index (χ4v) is 2.56. The Morgan fingerprint density at radius 1 is 1.04 bits per heavy atom. The Hall–Kier alpha value is -2.30. The van der Waals surface area contributed by atoms with Gasteiger partial charge >= 0.3 is 0 Å². The Morgan fingerprint density at radius 3 is 2.57 bits per heavy atom. The van der Waals surface area contributed by atoms with E-state index in [1.165, 1.54) is 0 Å². The zero-order chi connectivity index (χ0) is 16.2. The second-order valence-corrected chi connectivity index (χ2v) is 5.80. The lowest BCUT2D eigenvalue weighted by atomic mass is 10.2. The van der Waals surface area contributed by atoms with Crippen molar-refractivity contribution in [3.63, 3.8) is 0 Å². The minimum absolute atomic E-state index is 0.247. The van der Waals surface area contributed by atoms with Crippen LogP contribution < -0.4 is 10.6 Å². The highest BCUT2D eigenvalue weighted by Gasteiger charge is 2.21. The minimum atomic E-state index is -0.247. The van der Waals surface area contributed by atoms with Crippen LogP contribution in [0, 0.1) is 0 Å². The van der Waals surface area contributed by atoms with Gasteiger partial charge in [0.15, 0.2) is 0 Å². The van der Waals surface area contributed by atoms with E-state index in [-0.39, 0.29) is 5.91 Å². The zero-order valence-electron chi connectivity index (χ0n) is 12.0. The molecule has 2 aromatic rings. The summed E-state index contributed by atoms with van der Waals surface area (Å²) in [7, 11) is 0. The first kappa shape index (κ1) is 15.6. The second kappa shape index (κ2) is 6.86. The first-order chi connectivity index (χ1) is 11.1. The first-order valence-electron chi connectivity index (χ1n) is 6.95. The molecule has 4 nitrogen and oxygen atoms in total. The third kappa shape index (κ3) is 3.92. The molecule has 1 saturated heterocycles. The summed E-state index contributed by atoms with van der Waals surface area (Å²) in [5.41, 5.74) is 2.16. The van der Waals surface area contributed by atoms with E-state index in [0.29, 0.717) is 33.8 Å². The molecule has 2 aromatic carbocycles. The topological polar surface area (TPSA) is 53.5 Å². The van der Waals surface area contributed by atoms with Gasteiger partial charge in [-0.3, -0.25) is 10.1 Å². The Labute approximate surface area is 143 Å². The predicted octanol–water partition coefficient (Wildman–Crippen LogP) is 3.61. The molecule has 0 aliphatic carbocycles. The fourth-order valence-electron chi connectivity index (χ4n) is 2.10. The normalized spacial score (nSPS) is 17.4. The Balaban J connectivity index is 1.75. The Kier molecular flexibility index (Phi) is 4.65. The maximum atomic E-state index is 12.0. The van der Waals surface area contributed by atoms with Crippen LogP contribution in [-0.2, 0) is 11.3 Å². The van der Waals surface area contributed by atoms with Crippen LogP contribution in [0.15, 0.2) is 59.2 Å². The van der Waals surface area contributed by atoms with Gasteiger partial charge in [-0.15, -0.1) is 0 Å². The lowest BCUT2D eigenvalue weighted by Crippen LogP contribution is -2.25. The lowest BCUT2D eigenvalue weighted by molar-refractivity contribution is -0.115. The molecule has 2 N–H and O–H groups in total. The fraction of sp³-hybridized carbons (Fsp3) is 0.0588. The van der Waals surface area contributed by atoms with Crippen LogP contribution in [0.3, 0.4) is 0 Å². The summed E-state index contributed by atoms with van der Waals surface area (Å²) >= 11 is 12.0. The van der Waals surface area contributed by atoms with Gasteiger partial charge in [-0.05, 0) is 29.3 Å². The zero-order valence-corrected chi connectivity index (χ0v) is 13.5. The van der Waals surface area contributed by atoms with E-state index in [2.05, 4.69) is 15.6 Å². The van der Waals surface area contributed by atoms with Crippen LogP contribution >= 0.6 is 23.2 Å². The standard InChI is InChI=1S/C17H13Cl2N3O/c18-13-7-6-12(14(19)9-13)8-15-16(23)22-17(21-15)20-10-11-4-2-1-3-5-11/h1-9H,10H2,(H2,20,21,22,23)/b15-8-. The minimum Gasteiger partial charge on any atom is -0.321 e. The predicted molar refractivity (Wildman–Crippen MR) is 93.3 cm³/mol. The number of amides is 1. The van der Waals surface area contributed by atoms with E-state index in [1.807, 2.05) is 30.3 Å². The van der Waals surface area contributed by atoms with Gasteiger partial charge < -0.3 is 5.32 Å². The molecule has 1 amide bonds. The Bertz CT molecular complexity index is 801. The molecule has 3 rings (SSSR count). The third-order valence-corrected chi connectivity index (χ3v) is 3.82. The monoisotopic (exact) mass is 345 g/mol. The van der Waals surface area contributed by atoms with Crippen LogP contribution in [-0.4, -0.2) is 11.9 Å². The van der Waals surface area contributed by atoms with E-state index in [9.17, 15) is 4.79 Å².